The van der Waals surface area contributed by atoms with E-state index in [9.17, 15) is 5.11 Å². The van der Waals surface area contributed by atoms with Crippen molar-refractivity contribution in [2.75, 3.05) is 14.2 Å². The van der Waals surface area contributed by atoms with Gasteiger partial charge in [-0.15, -0.1) is 5.73 Å². The van der Waals surface area contributed by atoms with Crippen molar-refractivity contribution in [2.45, 2.75) is 13.0 Å². The minimum Gasteiger partial charge on any atom is -0.497 e. The van der Waals surface area contributed by atoms with E-state index in [4.69, 9.17) is 9.47 Å². The summed E-state index contributed by atoms with van der Waals surface area (Å²) in [6.07, 6.45) is -0.735. The molecule has 0 fully saturated rings. The Bertz CT molecular complexity index is 395. The van der Waals surface area contributed by atoms with E-state index in [-0.39, 0.29) is 0 Å². The van der Waals surface area contributed by atoms with Gasteiger partial charge in [-0.25, -0.2) is 0 Å². The maximum atomic E-state index is 9.98. The summed E-state index contributed by atoms with van der Waals surface area (Å²) in [5.74, 6) is 1.29. The molecule has 0 spiro atoms. The molecule has 0 radical (unpaired) electrons. The predicted octanol–water partition coefficient (Wildman–Crippen LogP) is 2.47. The summed E-state index contributed by atoms with van der Waals surface area (Å²) >= 11 is 0. The highest BCUT2D eigenvalue weighted by molar-refractivity contribution is 5.41. The second kappa shape index (κ2) is 5.40. The molecule has 0 aromatic heterocycles. The zero-order valence-corrected chi connectivity index (χ0v) is 9.78. The lowest BCUT2D eigenvalue weighted by Crippen LogP contribution is -1.99. The average Bonchev–Trinajstić information content (AvgIpc) is 2.35. The molecule has 1 unspecified atom stereocenters. The van der Waals surface area contributed by atoms with E-state index in [0.717, 1.165) is 0 Å². The molecule has 1 aromatic rings. The van der Waals surface area contributed by atoms with Gasteiger partial charge < -0.3 is 14.6 Å². The lowest BCUT2D eigenvalue weighted by molar-refractivity contribution is 0.215. The van der Waals surface area contributed by atoms with Crippen LogP contribution in [0.3, 0.4) is 0 Å². The van der Waals surface area contributed by atoms with Crippen LogP contribution in [0.15, 0.2) is 36.1 Å². The summed E-state index contributed by atoms with van der Waals surface area (Å²) in [6.45, 7) is 5.28. The number of aliphatic hydroxyl groups excluding tert-OH is 1. The predicted molar refractivity (Wildman–Crippen MR) is 62.8 cm³/mol. The van der Waals surface area contributed by atoms with Gasteiger partial charge in [0.1, 0.15) is 17.6 Å². The average molecular weight is 220 g/mol. The summed E-state index contributed by atoms with van der Waals surface area (Å²) < 4.78 is 10.2. The number of benzene rings is 1. The fourth-order valence-corrected chi connectivity index (χ4v) is 1.33. The maximum Gasteiger partial charge on any atom is 0.122 e. The molecule has 1 atom stereocenters. The summed E-state index contributed by atoms with van der Waals surface area (Å²) in [7, 11) is 3.14. The Morgan fingerprint density at radius 2 is 1.75 bits per heavy atom. The van der Waals surface area contributed by atoms with E-state index in [1.54, 1.807) is 39.3 Å². The van der Waals surface area contributed by atoms with Gasteiger partial charge in [0.05, 0.1) is 14.2 Å². The molecule has 0 aliphatic rings. The van der Waals surface area contributed by atoms with Crippen LogP contribution in [0.5, 0.6) is 11.5 Å². The highest BCUT2D eigenvalue weighted by atomic mass is 16.5. The third-order valence-electron chi connectivity index (χ3n) is 2.38. The van der Waals surface area contributed by atoms with Gasteiger partial charge in [0.25, 0.3) is 0 Å². The van der Waals surface area contributed by atoms with Crippen LogP contribution in [-0.2, 0) is 0 Å². The number of methoxy groups -OCH3 is 2. The zero-order chi connectivity index (χ0) is 12.1. The van der Waals surface area contributed by atoms with Crippen molar-refractivity contribution >= 4 is 0 Å². The van der Waals surface area contributed by atoms with Gasteiger partial charge >= 0.3 is 0 Å². The van der Waals surface area contributed by atoms with Gasteiger partial charge in [0, 0.05) is 11.6 Å². The molecule has 1 aromatic carbocycles. The number of ether oxygens (including phenoxy) is 2. The van der Waals surface area contributed by atoms with E-state index < -0.39 is 6.10 Å². The van der Waals surface area contributed by atoms with Gasteiger partial charge in [-0.05, 0) is 24.6 Å². The first-order valence-corrected chi connectivity index (χ1v) is 4.90. The molecule has 3 heteroatoms. The largest absolute Gasteiger partial charge is 0.497 e. The van der Waals surface area contributed by atoms with Gasteiger partial charge in [-0.2, -0.15) is 0 Å². The Balaban J connectivity index is 3.17. The van der Waals surface area contributed by atoms with Crippen molar-refractivity contribution in [1.29, 1.82) is 0 Å². The molecule has 0 saturated heterocycles. The summed E-state index contributed by atoms with van der Waals surface area (Å²) in [5, 5.41) is 9.98. The monoisotopic (exact) mass is 220 g/mol. The van der Waals surface area contributed by atoms with Crippen molar-refractivity contribution in [2.24, 2.45) is 0 Å². The smallest absolute Gasteiger partial charge is 0.122 e. The third-order valence-corrected chi connectivity index (χ3v) is 2.38. The highest BCUT2D eigenvalue weighted by Crippen LogP contribution is 2.29. The van der Waals surface area contributed by atoms with Crippen LogP contribution in [-0.4, -0.2) is 19.3 Å². The quantitative estimate of drug-likeness (QED) is 0.792. The van der Waals surface area contributed by atoms with Crippen molar-refractivity contribution in [1.82, 2.24) is 0 Å². The van der Waals surface area contributed by atoms with Crippen molar-refractivity contribution in [3.05, 3.63) is 41.6 Å². The SMILES string of the molecule is C=C=C(C)C(O)c1cc(OC)cc(OC)c1. The van der Waals surface area contributed by atoms with Gasteiger partial charge in [-0.3, -0.25) is 0 Å². The zero-order valence-electron chi connectivity index (χ0n) is 9.78. The number of hydrogen-bond donors (Lipinski definition) is 1. The van der Waals surface area contributed by atoms with E-state index in [0.29, 0.717) is 22.6 Å². The van der Waals surface area contributed by atoms with Crippen LogP contribution in [0, 0.1) is 0 Å². The molecular weight excluding hydrogens is 204 g/mol. The first kappa shape index (κ1) is 12.4. The third kappa shape index (κ3) is 2.66. The lowest BCUT2D eigenvalue weighted by Gasteiger charge is -2.13. The van der Waals surface area contributed by atoms with Crippen molar-refractivity contribution < 1.29 is 14.6 Å². The maximum absolute atomic E-state index is 9.98. The van der Waals surface area contributed by atoms with Crippen LogP contribution < -0.4 is 9.47 Å². The number of aliphatic hydroxyl groups is 1. The van der Waals surface area contributed by atoms with E-state index >= 15 is 0 Å². The number of hydrogen-bond acceptors (Lipinski definition) is 3. The normalized spacial score (nSPS) is 11.5. The molecule has 0 bridgehead atoms. The molecule has 1 N–H and O–H groups in total. The first-order chi connectivity index (χ1) is 7.62. The molecule has 0 aliphatic carbocycles. The van der Waals surface area contributed by atoms with Gasteiger partial charge in [-0.1, -0.05) is 6.58 Å². The Kier molecular flexibility index (Phi) is 4.18. The number of rotatable bonds is 4. The molecule has 0 heterocycles. The second-order valence-electron chi connectivity index (χ2n) is 3.41. The van der Waals surface area contributed by atoms with E-state index in [1.807, 2.05) is 0 Å². The molecule has 0 aliphatic heterocycles. The first-order valence-electron chi connectivity index (χ1n) is 4.90. The molecule has 0 amide bonds. The lowest BCUT2D eigenvalue weighted by atomic mass is 10.0. The second-order valence-corrected chi connectivity index (χ2v) is 3.41. The van der Waals surface area contributed by atoms with Crippen LogP contribution >= 0.6 is 0 Å². The fraction of sp³-hybridized carbons (Fsp3) is 0.308. The highest BCUT2D eigenvalue weighted by Gasteiger charge is 2.12. The Morgan fingerprint density at radius 1 is 1.25 bits per heavy atom. The molecule has 3 nitrogen and oxygen atoms in total. The molecular formula is C13H16O3. The Morgan fingerprint density at radius 3 is 2.12 bits per heavy atom. The Hall–Kier alpha value is -1.70. The molecule has 0 saturated carbocycles. The van der Waals surface area contributed by atoms with Gasteiger partial charge in [0.2, 0.25) is 0 Å². The Labute approximate surface area is 95.6 Å². The molecule has 1 rings (SSSR count). The van der Waals surface area contributed by atoms with E-state index in [2.05, 4.69) is 12.3 Å². The van der Waals surface area contributed by atoms with Crippen LogP contribution in [0.2, 0.25) is 0 Å². The van der Waals surface area contributed by atoms with Crippen LogP contribution in [0.1, 0.15) is 18.6 Å². The molecule has 86 valence electrons. The summed E-state index contributed by atoms with van der Waals surface area (Å²) in [5.41, 5.74) is 4.03. The topological polar surface area (TPSA) is 38.7 Å². The van der Waals surface area contributed by atoms with Crippen molar-refractivity contribution in [3.8, 4) is 11.5 Å². The van der Waals surface area contributed by atoms with Crippen LogP contribution in [0.25, 0.3) is 0 Å². The fourth-order valence-electron chi connectivity index (χ4n) is 1.33. The molecule has 16 heavy (non-hydrogen) atoms. The summed E-state index contributed by atoms with van der Waals surface area (Å²) in [6, 6.07) is 5.27. The standard InChI is InChI=1S/C13H16O3/c1-5-9(2)13(14)10-6-11(15-3)8-12(7-10)16-4/h6-8,13-14H,1H2,2-4H3. The van der Waals surface area contributed by atoms with Crippen LogP contribution in [0.4, 0.5) is 0 Å². The minimum atomic E-state index is -0.735. The summed E-state index contributed by atoms with van der Waals surface area (Å²) in [4.78, 5) is 0. The van der Waals surface area contributed by atoms with Crippen molar-refractivity contribution in [3.63, 3.8) is 0 Å². The van der Waals surface area contributed by atoms with E-state index in [1.165, 1.54) is 0 Å². The van der Waals surface area contributed by atoms with Gasteiger partial charge in [0.15, 0.2) is 0 Å². The minimum absolute atomic E-state index is 0.644.